The summed E-state index contributed by atoms with van der Waals surface area (Å²) in [5, 5.41) is 12.2. The Kier molecular flexibility index (Phi) is 8.59. The second-order valence-electron chi connectivity index (χ2n) is 5.40. The molecule has 0 radical (unpaired) electrons. The largest absolute Gasteiger partial charge is 0.394 e. The lowest BCUT2D eigenvalue weighted by Crippen LogP contribution is -2.41. The molecule has 0 aromatic heterocycles. The van der Waals surface area contributed by atoms with Gasteiger partial charge in [-0.1, -0.05) is 13.8 Å². The number of piperidine rings is 1. The monoisotopic (exact) mass is 258 g/mol. The van der Waals surface area contributed by atoms with Crippen LogP contribution in [0.4, 0.5) is 0 Å². The Balaban J connectivity index is 2.07. The van der Waals surface area contributed by atoms with E-state index in [4.69, 9.17) is 9.84 Å². The van der Waals surface area contributed by atoms with Crippen molar-refractivity contribution in [1.29, 1.82) is 0 Å². The van der Waals surface area contributed by atoms with Crippen molar-refractivity contribution in [3.05, 3.63) is 0 Å². The molecule has 1 unspecified atom stereocenters. The number of nitrogens with zero attached hydrogens (tertiary/aromatic N) is 1. The summed E-state index contributed by atoms with van der Waals surface area (Å²) in [6.07, 6.45) is 3.78. The Morgan fingerprint density at radius 3 is 2.72 bits per heavy atom. The minimum absolute atomic E-state index is 0.139. The molecule has 108 valence electrons. The van der Waals surface area contributed by atoms with Crippen LogP contribution in [0.1, 0.15) is 33.1 Å². The predicted octanol–water partition coefficient (Wildman–Crippen LogP) is 1.10. The van der Waals surface area contributed by atoms with Gasteiger partial charge in [-0.15, -0.1) is 0 Å². The van der Waals surface area contributed by atoms with Gasteiger partial charge in [-0.25, -0.2) is 0 Å². The Bertz CT molecular complexity index is 194. The van der Waals surface area contributed by atoms with E-state index in [1.807, 2.05) is 0 Å². The van der Waals surface area contributed by atoms with Crippen LogP contribution in [0.2, 0.25) is 0 Å². The van der Waals surface area contributed by atoms with Gasteiger partial charge in [-0.2, -0.15) is 0 Å². The quantitative estimate of drug-likeness (QED) is 0.608. The highest BCUT2D eigenvalue weighted by atomic mass is 16.5. The molecule has 4 heteroatoms. The second-order valence-corrected chi connectivity index (χ2v) is 5.40. The minimum atomic E-state index is 0.139. The number of aliphatic hydroxyl groups is 1. The van der Waals surface area contributed by atoms with E-state index in [1.165, 1.54) is 13.0 Å². The van der Waals surface area contributed by atoms with Gasteiger partial charge in [0.1, 0.15) is 0 Å². The normalized spacial score (nSPS) is 20.2. The van der Waals surface area contributed by atoms with Crippen LogP contribution < -0.4 is 5.32 Å². The molecule has 2 N–H and O–H groups in total. The van der Waals surface area contributed by atoms with Gasteiger partial charge >= 0.3 is 0 Å². The van der Waals surface area contributed by atoms with Crippen LogP contribution in [0.15, 0.2) is 0 Å². The number of rotatable bonds is 9. The molecule has 1 fully saturated rings. The van der Waals surface area contributed by atoms with Crippen molar-refractivity contribution in [3.8, 4) is 0 Å². The maximum atomic E-state index is 8.73. The summed E-state index contributed by atoms with van der Waals surface area (Å²) in [7, 11) is 0. The SMILES string of the molecule is CCCNCC(C)CN1CCC(OCCO)CC1. The van der Waals surface area contributed by atoms with Gasteiger partial charge in [0, 0.05) is 19.6 Å². The van der Waals surface area contributed by atoms with E-state index < -0.39 is 0 Å². The highest BCUT2D eigenvalue weighted by molar-refractivity contribution is 4.74. The number of likely N-dealkylation sites (tertiary alicyclic amines) is 1. The van der Waals surface area contributed by atoms with Crippen LogP contribution in [0.25, 0.3) is 0 Å². The topological polar surface area (TPSA) is 44.7 Å². The zero-order valence-corrected chi connectivity index (χ0v) is 12.0. The molecule has 0 aliphatic carbocycles. The molecule has 1 rings (SSSR count). The van der Waals surface area contributed by atoms with Gasteiger partial charge in [0.05, 0.1) is 19.3 Å². The third-order valence-electron chi connectivity index (χ3n) is 3.47. The van der Waals surface area contributed by atoms with Crippen LogP contribution in [0.5, 0.6) is 0 Å². The van der Waals surface area contributed by atoms with Crippen LogP contribution in [0, 0.1) is 5.92 Å². The highest BCUT2D eigenvalue weighted by Gasteiger charge is 2.20. The zero-order chi connectivity index (χ0) is 13.2. The summed E-state index contributed by atoms with van der Waals surface area (Å²) < 4.78 is 5.58. The molecule has 0 aromatic rings. The standard InChI is InChI=1S/C14H30N2O2/c1-3-6-15-11-13(2)12-16-7-4-14(5-8-16)18-10-9-17/h13-15,17H,3-12H2,1-2H3. The van der Waals surface area contributed by atoms with Gasteiger partial charge in [0.25, 0.3) is 0 Å². The van der Waals surface area contributed by atoms with Gasteiger partial charge in [-0.3, -0.25) is 0 Å². The molecule has 1 saturated heterocycles. The van der Waals surface area contributed by atoms with Crippen molar-refractivity contribution in [2.45, 2.75) is 39.2 Å². The van der Waals surface area contributed by atoms with Crippen LogP contribution in [-0.4, -0.2) is 62.0 Å². The highest BCUT2D eigenvalue weighted by Crippen LogP contribution is 2.14. The summed E-state index contributed by atoms with van der Waals surface area (Å²) in [6.45, 7) is 10.8. The molecule has 0 amide bonds. The fourth-order valence-corrected chi connectivity index (χ4v) is 2.51. The summed E-state index contributed by atoms with van der Waals surface area (Å²) in [5.74, 6) is 0.714. The molecule has 1 atom stereocenters. The van der Waals surface area contributed by atoms with Crippen LogP contribution in [0.3, 0.4) is 0 Å². The van der Waals surface area contributed by atoms with Crippen molar-refractivity contribution < 1.29 is 9.84 Å². The zero-order valence-electron chi connectivity index (χ0n) is 12.0. The number of hydrogen-bond donors (Lipinski definition) is 2. The fourth-order valence-electron chi connectivity index (χ4n) is 2.51. The lowest BCUT2D eigenvalue weighted by Gasteiger charge is -2.33. The van der Waals surface area contributed by atoms with Gasteiger partial charge in [0.15, 0.2) is 0 Å². The maximum Gasteiger partial charge on any atom is 0.0701 e. The maximum absolute atomic E-state index is 8.73. The number of ether oxygens (including phenoxy) is 1. The molecular weight excluding hydrogens is 228 g/mol. The summed E-state index contributed by atoms with van der Waals surface area (Å²) in [5.41, 5.74) is 0. The molecule has 1 aliphatic rings. The molecule has 0 spiro atoms. The van der Waals surface area contributed by atoms with Crippen molar-refractivity contribution >= 4 is 0 Å². The molecule has 0 bridgehead atoms. The first-order valence-corrected chi connectivity index (χ1v) is 7.41. The van der Waals surface area contributed by atoms with Crippen molar-refractivity contribution in [2.24, 2.45) is 5.92 Å². The van der Waals surface area contributed by atoms with Gasteiger partial charge < -0.3 is 20.1 Å². The van der Waals surface area contributed by atoms with Crippen LogP contribution >= 0.6 is 0 Å². The smallest absolute Gasteiger partial charge is 0.0701 e. The van der Waals surface area contributed by atoms with E-state index in [0.717, 1.165) is 39.0 Å². The van der Waals surface area contributed by atoms with Crippen molar-refractivity contribution in [3.63, 3.8) is 0 Å². The lowest BCUT2D eigenvalue weighted by atomic mass is 10.1. The van der Waals surface area contributed by atoms with E-state index >= 15 is 0 Å². The number of hydrogen-bond acceptors (Lipinski definition) is 4. The van der Waals surface area contributed by atoms with Crippen molar-refractivity contribution in [1.82, 2.24) is 10.2 Å². The molecule has 18 heavy (non-hydrogen) atoms. The number of aliphatic hydroxyl groups excluding tert-OH is 1. The van der Waals surface area contributed by atoms with E-state index in [-0.39, 0.29) is 6.61 Å². The molecule has 1 aliphatic heterocycles. The van der Waals surface area contributed by atoms with E-state index in [2.05, 4.69) is 24.1 Å². The molecular formula is C14H30N2O2. The summed E-state index contributed by atoms with van der Waals surface area (Å²) >= 11 is 0. The average molecular weight is 258 g/mol. The van der Waals surface area contributed by atoms with E-state index in [0.29, 0.717) is 18.6 Å². The first kappa shape index (κ1) is 15.9. The Labute approximate surface area is 112 Å². The first-order chi connectivity index (χ1) is 8.76. The Morgan fingerprint density at radius 1 is 1.39 bits per heavy atom. The molecule has 0 saturated carbocycles. The first-order valence-electron chi connectivity index (χ1n) is 7.41. The summed E-state index contributed by atoms with van der Waals surface area (Å²) in [6, 6.07) is 0. The van der Waals surface area contributed by atoms with Crippen molar-refractivity contribution in [2.75, 3.05) is 45.9 Å². The van der Waals surface area contributed by atoms with E-state index in [1.54, 1.807) is 0 Å². The third kappa shape index (κ3) is 6.69. The number of nitrogens with one attached hydrogen (secondary N) is 1. The minimum Gasteiger partial charge on any atom is -0.394 e. The lowest BCUT2D eigenvalue weighted by molar-refractivity contribution is -0.00955. The Morgan fingerprint density at radius 2 is 2.11 bits per heavy atom. The van der Waals surface area contributed by atoms with Gasteiger partial charge in [0.2, 0.25) is 0 Å². The molecule has 4 nitrogen and oxygen atoms in total. The predicted molar refractivity (Wildman–Crippen MR) is 74.8 cm³/mol. The molecule has 1 heterocycles. The van der Waals surface area contributed by atoms with Crippen LogP contribution in [-0.2, 0) is 4.74 Å². The van der Waals surface area contributed by atoms with Gasteiger partial charge in [-0.05, 0) is 38.3 Å². The fraction of sp³-hybridized carbons (Fsp3) is 1.00. The second kappa shape index (κ2) is 9.73. The third-order valence-corrected chi connectivity index (χ3v) is 3.47. The van der Waals surface area contributed by atoms with E-state index in [9.17, 15) is 0 Å². The average Bonchev–Trinajstić information content (AvgIpc) is 2.38. The summed E-state index contributed by atoms with van der Waals surface area (Å²) in [4.78, 5) is 2.54. The Hall–Kier alpha value is -0.160. The molecule has 0 aromatic carbocycles.